The Morgan fingerprint density at radius 3 is 2.39 bits per heavy atom. The Morgan fingerprint density at radius 2 is 1.76 bits per heavy atom. The number of benzene rings is 2. The number of hydrogen-bond donors (Lipinski definition) is 3. The number of fused-ring (bicyclic) bond motifs is 1. The SMILES string of the molecule is COc1cc(C=Cc2cncc(-c3ccc4c(c3)OCCO4)c2C)cc(OC)c1CNC(C)(CO)C(=O)O. The maximum absolute atomic E-state index is 11.6. The molecule has 0 aliphatic carbocycles. The van der Waals surface area contributed by atoms with Crippen molar-refractivity contribution in [2.45, 2.75) is 25.9 Å². The van der Waals surface area contributed by atoms with Crippen LogP contribution in [0, 0.1) is 6.92 Å². The van der Waals surface area contributed by atoms with E-state index in [1.165, 1.54) is 6.92 Å². The van der Waals surface area contributed by atoms with Gasteiger partial charge in [-0.15, -0.1) is 0 Å². The number of pyridine rings is 1. The van der Waals surface area contributed by atoms with Gasteiger partial charge in [0.15, 0.2) is 11.5 Å². The Balaban J connectivity index is 1.61. The first-order chi connectivity index (χ1) is 18.3. The molecule has 0 radical (unpaired) electrons. The Labute approximate surface area is 221 Å². The Morgan fingerprint density at radius 1 is 1.08 bits per heavy atom. The second kappa shape index (κ2) is 11.5. The van der Waals surface area contributed by atoms with Crippen LogP contribution in [0.2, 0.25) is 0 Å². The molecule has 0 saturated carbocycles. The van der Waals surface area contributed by atoms with Crippen molar-refractivity contribution in [3.05, 3.63) is 65.0 Å². The van der Waals surface area contributed by atoms with Gasteiger partial charge in [0.05, 0.1) is 20.8 Å². The fourth-order valence-electron chi connectivity index (χ4n) is 4.15. The van der Waals surface area contributed by atoms with Gasteiger partial charge in [-0.25, -0.2) is 0 Å². The third-order valence-electron chi connectivity index (χ3n) is 6.64. The van der Waals surface area contributed by atoms with E-state index in [0.717, 1.165) is 39.3 Å². The average molecular weight is 521 g/mol. The van der Waals surface area contributed by atoms with Crippen LogP contribution >= 0.6 is 0 Å². The van der Waals surface area contributed by atoms with E-state index in [-0.39, 0.29) is 6.54 Å². The molecule has 200 valence electrons. The molecule has 3 aromatic rings. The summed E-state index contributed by atoms with van der Waals surface area (Å²) in [7, 11) is 3.08. The standard InChI is InChI=1S/C29H32N2O7/c1-18-21(14-30-15-22(18)20-7-8-24-27(13-20)38-10-9-37-24)6-5-19-11-25(35-3)23(26(12-19)36-4)16-31-29(2,17-32)28(33)34/h5-8,11-15,31-32H,9-10,16-17H2,1-4H3,(H,33,34). The molecule has 0 spiro atoms. The minimum atomic E-state index is -1.50. The van der Waals surface area contributed by atoms with E-state index in [0.29, 0.717) is 30.3 Å². The van der Waals surface area contributed by atoms with Gasteiger partial charge in [-0.2, -0.15) is 0 Å². The van der Waals surface area contributed by atoms with Crippen molar-refractivity contribution in [3.63, 3.8) is 0 Å². The van der Waals surface area contributed by atoms with E-state index in [9.17, 15) is 15.0 Å². The summed E-state index contributed by atoms with van der Waals surface area (Å²) in [6.45, 7) is 4.10. The molecule has 0 amide bonds. The lowest BCUT2D eigenvalue weighted by atomic mass is 9.98. The molecule has 3 N–H and O–H groups in total. The molecule has 1 aromatic heterocycles. The summed E-state index contributed by atoms with van der Waals surface area (Å²) >= 11 is 0. The number of aliphatic carboxylic acids is 1. The zero-order valence-electron chi connectivity index (χ0n) is 21.9. The van der Waals surface area contributed by atoms with Crippen LogP contribution < -0.4 is 24.3 Å². The molecule has 38 heavy (non-hydrogen) atoms. The van der Waals surface area contributed by atoms with Crippen LogP contribution in [0.25, 0.3) is 23.3 Å². The number of hydrogen-bond acceptors (Lipinski definition) is 8. The molecule has 1 atom stereocenters. The van der Waals surface area contributed by atoms with Crippen molar-refractivity contribution in [1.82, 2.24) is 10.3 Å². The molecule has 0 bridgehead atoms. The summed E-state index contributed by atoms with van der Waals surface area (Å²) in [5, 5.41) is 21.9. The van der Waals surface area contributed by atoms with Gasteiger partial charge in [-0.1, -0.05) is 18.2 Å². The molecule has 0 saturated heterocycles. The molecular formula is C29H32N2O7. The van der Waals surface area contributed by atoms with Gasteiger partial charge in [-0.3, -0.25) is 15.1 Å². The first kappa shape index (κ1) is 27.0. The van der Waals surface area contributed by atoms with Crippen LogP contribution in [-0.2, 0) is 11.3 Å². The highest BCUT2D eigenvalue weighted by Crippen LogP contribution is 2.36. The summed E-state index contributed by atoms with van der Waals surface area (Å²) in [5.74, 6) is 1.38. The van der Waals surface area contributed by atoms with Crippen molar-refractivity contribution >= 4 is 18.1 Å². The van der Waals surface area contributed by atoms with Crippen LogP contribution in [0.1, 0.15) is 29.2 Å². The summed E-state index contributed by atoms with van der Waals surface area (Å²) in [6.07, 6.45) is 7.56. The Hall–Kier alpha value is -4.08. The normalized spacial score (nSPS) is 14.2. The predicted octanol–water partition coefficient (Wildman–Crippen LogP) is 3.94. The lowest BCUT2D eigenvalue weighted by molar-refractivity contribution is -0.145. The number of carboxylic acids is 1. The van der Waals surface area contributed by atoms with E-state index >= 15 is 0 Å². The third-order valence-corrected chi connectivity index (χ3v) is 6.64. The van der Waals surface area contributed by atoms with Gasteiger partial charge in [0.2, 0.25) is 0 Å². The highest BCUT2D eigenvalue weighted by Gasteiger charge is 2.32. The molecule has 1 aliphatic heterocycles. The second-order valence-electron chi connectivity index (χ2n) is 9.15. The highest BCUT2D eigenvalue weighted by atomic mass is 16.6. The van der Waals surface area contributed by atoms with E-state index in [4.69, 9.17) is 18.9 Å². The number of rotatable bonds is 10. The number of carboxylic acid groups (broad SMARTS) is 1. The van der Waals surface area contributed by atoms with Gasteiger partial charge < -0.3 is 29.2 Å². The topological polar surface area (TPSA) is 119 Å². The summed E-state index contributed by atoms with van der Waals surface area (Å²) in [6, 6.07) is 9.58. The van der Waals surface area contributed by atoms with E-state index in [2.05, 4.69) is 10.3 Å². The molecular weight excluding hydrogens is 488 g/mol. The number of ether oxygens (including phenoxy) is 4. The maximum Gasteiger partial charge on any atom is 0.326 e. The monoisotopic (exact) mass is 520 g/mol. The smallest absolute Gasteiger partial charge is 0.326 e. The fraction of sp³-hybridized carbons (Fsp3) is 0.310. The van der Waals surface area contributed by atoms with Gasteiger partial charge >= 0.3 is 5.97 Å². The predicted molar refractivity (Wildman–Crippen MR) is 144 cm³/mol. The zero-order chi connectivity index (χ0) is 27.3. The van der Waals surface area contributed by atoms with Crippen molar-refractivity contribution in [2.24, 2.45) is 0 Å². The van der Waals surface area contributed by atoms with Crippen LogP contribution in [0.3, 0.4) is 0 Å². The lowest BCUT2D eigenvalue weighted by Gasteiger charge is -2.25. The number of aliphatic hydroxyl groups is 1. The fourth-order valence-corrected chi connectivity index (χ4v) is 4.15. The van der Waals surface area contributed by atoms with Crippen LogP contribution in [0.4, 0.5) is 0 Å². The van der Waals surface area contributed by atoms with Crippen molar-refractivity contribution in [1.29, 1.82) is 0 Å². The first-order valence-corrected chi connectivity index (χ1v) is 12.2. The number of nitrogens with zero attached hydrogens (tertiary/aromatic N) is 1. The van der Waals surface area contributed by atoms with Gasteiger partial charge in [-0.05, 0) is 60.4 Å². The van der Waals surface area contributed by atoms with Crippen molar-refractivity contribution in [2.75, 3.05) is 34.0 Å². The summed E-state index contributed by atoms with van der Waals surface area (Å²) in [4.78, 5) is 16.0. The van der Waals surface area contributed by atoms with Gasteiger partial charge in [0, 0.05) is 30.1 Å². The van der Waals surface area contributed by atoms with Gasteiger partial charge in [0.25, 0.3) is 0 Å². The molecule has 2 aromatic carbocycles. The van der Waals surface area contributed by atoms with Crippen molar-refractivity contribution < 1.29 is 34.0 Å². The lowest BCUT2D eigenvalue weighted by Crippen LogP contribution is -2.52. The highest BCUT2D eigenvalue weighted by molar-refractivity contribution is 5.79. The number of carbonyl (C=O) groups is 1. The number of methoxy groups -OCH3 is 2. The number of nitrogens with one attached hydrogen (secondary N) is 1. The van der Waals surface area contributed by atoms with Gasteiger partial charge in [0.1, 0.15) is 30.3 Å². The van der Waals surface area contributed by atoms with Crippen LogP contribution in [0.5, 0.6) is 23.0 Å². The van der Waals surface area contributed by atoms with Crippen molar-refractivity contribution in [3.8, 4) is 34.1 Å². The molecule has 2 heterocycles. The zero-order valence-corrected chi connectivity index (χ0v) is 21.9. The second-order valence-corrected chi connectivity index (χ2v) is 9.15. The average Bonchev–Trinajstić information content (AvgIpc) is 2.94. The quantitative estimate of drug-likeness (QED) is 0.365. The minimum Gasteiger partial charge on any atom is -0.496 e. The van der Waals surface area contributed by atoms with Crippen LogP contribution in [-0.4, -0.2) is 60.7 Å². The molecule has 9 heteroatoms. The molecule has 9 nitrogen and oxygen atoms in total. The minimum absolute atomic E-state index is 0.125. The largest absolute Gasteiger partial charge is 0.496 e. The maximum atomic E-state index is 11.6. The number of aliphatic hydroxyl groups excluding tert-OH is 1. The first-order valence-electron chi connectivity index (χ1n) is 12.2. The molecule has 4 rings (SSSR count). The molecule has 1 aliphatic rings. The van der Waals surface area contributed by atoms with Crippen LogP contribution in [0.15, 0.2) is 42.7 Å². The Bertz CT molecular complexity index is 1330. The van der Waals surface area contributed by atoms with E-state index in [1.807, 2.05) is 61.8 Å². The summed E-state index contributed by atoms with van der Waals surface area (Å²) < 4.78 is 22.6. The van der Waals surface area contributed by atoms with E-state index < -0.39 is 18.1 Å². The van der Waals surface area contributed by atoms with E-state index in [1.54, 1.807) is 14.2 Å². The summed E-state index contributed by atoms with van der Waals surface area (Å²) in [5.41, 5.74) is 3.96. The molecule has 1 unspecified atom stereocenters. The number of aromatic nitrogens is 1. The third kappa shape index (κ3) is 5.58. The Kier molecular flexibility index (Phi) is 8.19. The molecule has 0 fully saturated rings.